The van der Waals surface area contributed by atoms with Gasteiger partial charge in [0.15, 0.2) is 11.8 Å². The van der Waals surface area contributed by atoms with Crippen LogP contribution in [0, 0.1) is 0 Å². The Balaban J connectivity index is 1.92. The van der Waals surface area contributed by atoms with Crippen LogP contribution in [-0.2, 0) is 21.9 Å². The maximum Gasteiger partial charge on any atom is 0.416 e. The van der Waals surface area contributed by atoms with E-state index in [9.17, 15) is 35.9 Å². The molecule has 2 unspecified atom stereocenters. The molecule has 1 aliphatic heterocycles. The van der Waals surface area contributed by atoms with E-state index in [2.05, 4.69) is 25.8 Å². The van der Waals surface area contributed by atoms with Crippen molar-refractivity contribution in [3.05, 3.63) is 58.7 Å². The molecule has 0 radical (unpaired) electrons. The van der Waals surface area contributed by atoms with E-state index in [4.69, 9.17) is 4.74 Å². The first kappa shape index (κ1) is 23.9. The Hall–Kier alpha value is -3.71. The maximum atomic E-state index is 13.1. The Morgan fingerprint density at radius 3 is 2.18 bits per heavy atom. The number of halogens is 6. The molecule has 2 atom stereocenters. The number of aromatic nitrogens is 2. The zero-order chi connectivity index (χ0) is 24.6. The fourth-order valence-corrected chi connectivity index (χ4v) is 2.82. The van der Waals surface area contributed by atoms with Crippen molar-refractivity contribution in [2.45, 2.75) is 38.3 Å². The minimum Gasteiger partial charge on any atom is -0.462 e. The van der Waals surface area contributed by atoms with Crippen LogP contribution in [0.25, 0.3) is 0 Å². The van der Waals surface area contributed by atoms with Gasteiger partial charge in [0.1, 0.15) is 0 Å². The van der Waals surface area contributed by atoms with Gasteiger partial charge in [-0.2, -0.15) is 26.3 Å². The van der Waals surface area contributed by atoms with Gasteiger partial charge in [-0.25, -0.2) is 10.4 Å². The molecule has 33 heavy (non-hydrogen) atoms. The Morgan fingerprint density at radius 2 is 1.64 bits per heavy atom. The van der Waals surface area contributed by atoms with Gasteiger partial charge in [0, 0.05) is 18.0 Å². The summed E-state index contributed by atoms with van der Waals surface area (Å²) in [7, 11) is 0. The summed E-state index contributed by atoms with van der Waals surface area (Å²) in [6.45, 7) is 2.83. The molecule has 2 N–H and O–H groups in total. The summed E-state index contributed by atoms with van der Waals surface area (Å²) < 4.78 is 83.8. The Morgan fingerprint density at radius 1 is 1.06 bits per heavy atom. The summed E-state index contributed by atoms with van der Waals surface area (Å²) in [5.41, 5.74) is -1.81. The highest BCUT2D eigenvalue weighted by Crippen LogP contribution is 2.36. The molecule has 1 aromatic heterocycles. The van der Waals surface area contributed by atoms with Crippen molar-refractivity contribution in [3.8, 4) is 0 Å². The van der Waals surface area contributed by atoms with Crippen LogP contribution in [0.5, 0.6) is 0 Å². The van der Waals surface area contributed by atoms with E-state index in [-0.39, 0.29) is 23.4 Å². The minimum absolute atomic E-state index is 0.0113. The number of ether oxygens (including phenoxy) is 1. The Kier molecular flexibility index (Phi) is 6.29. The lowest BCUT2D eigenvalue weighted by atomic mass is 10.0. The van der Waals surface area contributed by atoms with Crippen LogP contribution >= 0.6 is 0 Å². The van der Waals surface area contributed by atoms with Crippen LogP contribution in [0.15, 0.2) is 35.7 Å². The monoisotopic (exact) mass is 475 g/mol. The van der Waals surface area contributed by atoms with Crippen molar-refractivity contribution in [1.29, 1.82) is 0 Å². The Labute approximate surface area is 182 Å². The quantitative estimate of drug-likeness (QED) is 0.661. The molecule has 8 nitrogen and oxygen atoms in total. The number of carbonyl (C=O) groups excluding carboxylic acids is 2. The van der Waals surface area contributed by atoms with Crippen molar-refractivity contribution in [2.75, 3.05) is 0 Å². The Bertz CT molecular complexity index is 1080. The van der Waals surface area contributed by atoms with E-state index in [1.165, 1.54) is 26.2 Å². The maximum absolute atomic E-state index is 13.1. The van der Waals surface area contributed by atoms with E-state index in [0.29, 0.717) is 12.1 Å². The zero-order valence-electron chi connectivity index (χ0n) is 16.9. The third-order valence-corrected chi connectivity index (χ3v) is 4.46. The topological polar surface area (TPSA) is 106 Å². The van der Waals surface area contributed by atoms with Gasteiger partial charge >= 0.3 is 12.4 Å². The first-order chi connectivity index (χ1) is 15.3. The minimum atomic E-state index is -5.10. The lowest BCUT2D eigenvalue weighted by molar-refractivity contribution is -0.143. The standard InChI is InChI=1S/C19H15F6N5O3/c1-8(13-14(27-4-3-26-13)17-30-29-15(31)9(2)33-17)28-16(32)10-5-11(18(20,21)22)7-12(6-10)19(23,24)25/h3-9H,1-2H3,(H,28,32)(H,29,31). The van der Waals surface area contributed by atoms with Gasteiger partial charge < -0.3 is 10.1 Å². The largest absolute Gasteiger partial charge is 0.462 e. The number of nitrogens with one attached hydrogen (secondary N) is 2. The molecule has 0 fully saturated rings. The van der Waals surface area contributed by atoms with Gasteiger partial charge in [-0.05, 0) is 32.0 Å². The predicted molar refractivity (Wildman–Crippen MR) is 99.6 cm³/mol. The lowest BCUT2D eigenvalue weighted by Gasteiger charge is -2.22. The smallest absolute Gasteiger partial charge is 0.416 e. The number of hydrogen-bond acceptors (Lipinski definition) is 6. The molecule has 2 amide bonds. The zero-order valence-corrected chi connectivity index (χ0v) is 16.9. The third-order valence-electron chi connectivity index (χ3n) is 4.46. The second-order valence-corrected chi connectivity index (χ2v) is 6.93. The molecule has 0 bridgehead atoms. The fourth-order valence-electron chi connectivity index (χ4n) is 2.82. The van der Waals surface area contributed by atoms with Gasteiger partial charge in [0.2, 0.25) is 0 Å². The summed E-state index contributed by atoms with van der Waals surface area (Å²) in [6, 6.07) is -0.472. The van der Waals surface area contributed by atoms with Gasteiger partial charge in [-0.15, -0.1) is 5.10 Å². The van der Waals surface area contributed by atoms with Crippen molar-refractivity contribution >= 4 is 17.7 Å². The number of hydrazone groups is 1. The molecule has 0 aliphatic carbocycles. The molecule has 0 saturated carbocycles. The van der Waals surface area contributed by atoms with Gasteiger partial charge in [0.25, 0.3) is 17.7 Å². The molecular formula is C19H15F6N5O3. The summed E-state index contributed by atoms with van der Waals surface area (Å²) in [4.78, 5) is 32.1. The molecule has 2 heterocycles. The van der Waals surface area contributed by atoms with Crippen molar-refractivity contribution < 1.29 is 40.7 Å². The first-order valence-corrected chi connectivity index (χ1v) is 9.23. The molecule has 1 aromatic carbocycles. The van der Waals surface area contributed by atoms with Gasteiger partial charge in [-0.3, -0.25) is 14.6 Å². The second-order valence-electron chi connectivity index (χ2n) is 6.93. The molecule has 14 heteroatoms. The number of nitrogens with zero attached hydrogens (tertiary/aromatic N) is 3. The molecule has 0 spiro atoms. The van der Waals surface area contributed by atoms with Crippen LogP contribution in [0.1, 0.15) is 52.8 Å². The third kappa shape index (κ3) is 5.38. The van der Waals surface area contributed by atoms with Crippen LogP contribution in [0.3, 0.4) is 0 Å². The fraction of sp³-hybridized carbons (Fsp3) is 0.316. The van der Waals surface area contributed by atoms with Crippen molar-refractivity contribution in [3.63, 3.8) is 0 Å². The van der Waals surface area contributed by atoms with E-state index < -0.39 is 53.0 Å². The highest BCUT2D eigenvalue weighted by molar-refractivity contribution is 5.99. The number of amides is 2. The van der Waals surface area contributed by atoms with Crippen molar-refractivity contribution in [2.24, 2.45) is 5.10 Å². The highest BCUT2D eigenvalue weighted by Gasteiger charge is 2.37. The molecule has 3 rings (SSSR count). The predicted octanol–water partition coefficient (Wildman–Crippen LogP) is 3.20. The summed E-state index contributed by atoms with van der Waals surface area (Å²) >= 11 is 0. The molecule has 1 aliphatic rings. The summed E-state index contributed by atoms with van der Waals surface area (Å²) in [5, 5.41) is 6.01. The van der Waals surface area contributed by atoms with E-state index in [1.54, 1.807) is 0 Å². The number of benzene rings is 1. The van der Waals surface area contributed by atoms with E-state index in [1.807, 2.05) is 0 Å². The summed E-state index contributed by atoms with van der Waals surface area (Å²) in [5.74, 6) is -1.86. The molecule has 176 valence electrons. The lowest BCUT2D eigenvalue weighted by Crippen LogP contribution is -2.40. The van der Waals surface area contributed by atoms with Crippen LogP contribution in [0.4, 0.5) is 26.3 Å². The van der Waals surface area contributed by atoms with Crippen molar-refractivity contribution in [1.82, 2.24) is 20.7 Å². The number of alkyl halides is 6. The average Bonchev–Trinajstić information content (AvgIpc) is 2.74. The number of carbonyl (C=O) groups is 2. The summed E-state index contributed by atoms with van der Waals surface area (Å²) in [6.07, 6.45) is -8.60. The van der Waals surface area contributed by atoms with Crippen LogP contribution < -0.4 is 10.7 Å². The molecule has 2 aromatic rings. The van der Waals surface area contributed by atoms with E-state index >= 15 is 0 Å². The van der Waals surface area contributed by atoms with Gasteiger partial charge in [-0.1, -0.05) is 0 Å². The van der Waals surface area contributed by atoms with E-state index in [0.717, 1.165) is 0 Å². The van der Waals surface area contributed by atoms with Gasteiger partial charge in [0.05, 0.1) is 22.9 Å². The SMILES string of the molecule is CC1OC(c2nccnc2C(C)NC(=O)c2cc(C(F)(F)F)cc(C(F)(F)F)c2)=NNC1=O. The second kappa shape index (κ2) is 8.67. The van der Waals surface area contributed by atoms with Crippen LogP contribution in [0.2, 0.25) is 0 Å². The first-order valence-electron chi connectivity index (χ1n) is 9.23. The highest BCUT2D eigenvalue weighted by atomic mass is 19.4. The van der Waals surface area contributed by atoms with Crippen LogP contribution in [-0.4, -0.2) is 33.8 Å². The number of hydrogen-bond donors (Lipinski definition) is 2. The number of rotatable bonds is 4. The molecule has 0 saturated heterocycles. The average molecular weight is 475 g/mol. The molecular weight excluding hydrogens is 460 g/mol. The normalized spacial score (nSPS) is 17.5.